The minimum Gasteiger partial charge on any atom is -0.451 e. The molecule has 2 aromatic heterocycles. The van der Waals surface area contributed by atoms with E-state index < -0.39 is 0 Å². The van der Waals surface area contributed by atoms with E-state index in [0.717, 1.165) is 15.9 Å². The molecular formula is C8H5BrN2O. The quantitative estimate of drug-likeness (QED) is 0.748. The molecular weight excluding hydrogens is 220 g/mol. The fourth-order valence-corrected chi connectivity index (χ4v) is 1.10. The monoisotopic (exact) mass is 224 g/mol. The second kappa shape index (κ2) is 3.06. The Bertz CT molecular complexity index is 355. The van der Waals surface area contributed by atoms with Gasteiger partial charge in [0.25, 0.3) is 0 Å². The van der Waals surface area contributed by atoms with Crippen molar-refractivity contribution >= 4 is 15.9 Å². The first-order valence-corrected chi connectivity index (χ1v) is 4.16. The Morgan fingerprint density at radius 2 is 2.08 bits per heavy atom. The SMILES string of the molecule is Brc1ccc(-c2cocn2)nc1. The van der Waals surface area contributed by atoms with Gasteiger partial charge in [0.1, 0.15) is 12.0 Å². The Kier molecular flexibility index (Phi) is 1.91. The molecule has 0 fully saturated rings. The fraction of sp³-hybridized carbons (Fsp3) is 0. The number of hydrogen-bond acceptors (Lipinski definition) is 3. The van der Waals surface area contributed by atoms with Gasteiger partial charge in [0, 0.05) is 10.7 Å². The molecule has 0 atom stereocenters. The first kappa shape index (κ1) is 7.49. The number of oxazole rings is 1. The maximum atomic E-state index is 4.84. The molecule has 12 heavy (non-hydrogen) atoms. The van der Waals surface area contributed by atoms with E-state index in [1.54, 1.807) is 12.5 Å². The van der Waals surface area contributed by atoms with Crippen LogP contribution in [0.2, 0.25) is 0 Å². The van der Waals surface area contributed by atoms with Crippen LogP contribution in [0.5, 0.6) is 0 Å². The number of hydrogen-bond donors (Lipinski definition) is 0. The van der Waals surface area contributed by atoms with Gasteiger partial charge in [0.15, 0.2) is 6.39 Å². The minimum absolute atomic E-state index is 0.752. The second-order valence-corrected chi connectivity index (χ2v) is 3.15. The van der Waals surface area contributed by atoms with E-state index in [0.29, 0.717) is 0 Å². The highest BCUT2D eigenvalue weighted by atomic mass is 79.9. The number of aromatic nitrogens is 2. The molecule has 0 aromatic carbocycles. The third-order valence-electron chi connectivity index (χ3n) is 1.42. The van der Waals surface area contributed by atoms with Crippen molar-refractivity contribution in [3.63, 3.8) is 0 Å². The normalized spacial score (nSPS) is 10.1. The van der Waals surface area contributed by atoms with Gasteiger partial charge in [-0.05, 0) is 28.1 Å². The Morgan fingerprint density at radius 3 is 2.67 bits per heavy atom. The molecule has 0 amide bonds. The lowest BCUT2D eigenvalue weighted by Crippen LogP contribution is -1.81. The predicted molar refractivity (Wildman–Crippen MR) is 47.4 cm³/mol. The number of rotatable bonds is 1. The van der Waals surface area contributed by atoms with Gasteiger partial charge < -0.3 is 4.42 Å². The summed E-state index contributed by atoms with van der Waals surface area (Å²) in [5.74, 6) is 0. The van der Waals surface area contributed by atoms with Crippen molar-refractivity contribution in [2.24, 2.45) is 0 Å². The summed E-state index contributed by atoms with van der Waals surface area (Å²) < 4.78 is 5.79. The third-order valence-corrected chi connectivity index (χ3v) is 1.89. The Morgan fingerprint density at radius 1 is 1.17 bits per heavy atom. The van der Waals surface area contributed by atoms with Crippen LogP contribution in [0.25, 0.3) is 11.4 Å². The van der Waals surface area contributed by atoms with E-state index in [2.05, 4.69) is 25.9 Å². The molecule has 2 heterocycles. The molecule has 0 unspecified atom stereocenters. The summed E-state index contributed by atoms with van der Waals surface area (Å²) in [7, 11) is 0. The lowest BCUT2D eigenvalue weighted by Gasteiger charge is -1.93. The molecule has 4 heteroatoms. The Hall–Kier alpha value is -1.16. The van der Waals surface area contributed by atoms with Gasteiger partial charge in [-0.3, -0.25) is 4.98 Å². The van der Waals surface area contributed by atoms with Crippen molar-refractivity contribution in [3.8, 4) is 11.4 Å². The van der Waals surface area contributed by atoms with Gasteiger partial charge in [0.05, 0.1) is 5.69 Å². The second-order valence-electron chi connectivity index (χ2n) is 2.24. The van der Waals surface area contributed by atoms with E-state index >= 15 is 0 Å². The van der Waals surface area contributed by atoms with Crippen molar-refractivity contribution in [3.05, 3.63) is 35.5 Å². The van der Waals surface area contributed by atoms with E-state index in [-0.39, 0.29) is 0 Å². The average Bonchev–Trinajstić information content (AvgIpc) is 2.58. The molecule has 0 spiro atoms. The summed E-state index contributed by atoms with van der Waals surface area (Å²) in [6, 6.07) is 3.79. The zero-order valence-corrected chi connectivity index (χ0v) is 7.65. The smallest absolute Gasteiger partial charge is 0.181 e. The first-order valence-electron chi connectivity index (χ1n) is 3.36. The molecule has 0 aliphatic carbocycles. The highest BCUT2D eigenvalue weighted by Crippen LogP contribution is 2.16. The lowest BCUT2D eigenvalue weighted by atomic mass is 10.3. The van der Waals surface area contributed by atoms with Crippen LogP contribution in [0.1, 0.15) is 0 Å². The van der Waals surface area contributed by atoms with Gasteiger partial charge in [-0.25, -0.2) is 4.98 Å². The van der Waals surface area contributed by atoms with Crippen LogP contribution in [0.15, 0.2) is 39.9 Å². The molecule has 2 aromatic rings. The summed E-state index contributed by atoms with van der Waals surface area (Å²) in [5.41, 5.74) is 1.56. The average molecular weight is 225 g/mol. The Balaban J connectivity index is 2.43. The van der Waals surface area contributed by atoms with Gasteiger partial charge in [-0.1, -0.05) is 0 Å². The molecule has 0 bridgehead atoms. The van der Waals surface area contributed by atoms with Crippen molar-refractivity contribution in [2.75, 3.05) is 0 Å². The molecule has 0 aliphatic rings. The minimum atomic E-state index is 0.752. The van der Waals surface area contributed by atoms with Gasteiger partial charge in [0.2, 0.25) is 0 Å². The van der Waals surface area contributed by atoms with E-state index in [9.17, 15) is 0 Å². The lowest BCUT2D eigenvalue weighted by molar-refractivity contribution is 0.558. The summed E-state index contributed by atoms with van der Waals surface area (Å²) in [6.45, 7) is 0. The van der Waals surface area contributed by atoms with E-state index in [1.807, 2.05) is 12.1 Å². The van der Waals surface area contributed by atoms with Crippen LogP contribution < -0.4 is 0 Å². The predicted octanol–water partition coefficient (Wildman–Crippen LogP) is 2.50. The van der Waals surface area contributed by atoms with Crippen LogP contribution in [0.4, 0.5) is 0 Å². The fourth-order valence-electron chi connectivity index (χ4n) is 0.866. The summed E-state index contributed by atoms with van der Waals surface area (Å²) in [4.78, 5) is 8.12. The van der Waals surface area contributed by atoms with Crippen LogP contribution in [0.3, 0.4) is 0 Å². The maximum Gasteiger partial charge on any atom is 0.181 e. The highest BCUT2D eigenvalue weighted by Gasteiger charge is 2.00. The molecule has 60 valence electrons. The highest BCUT2D eigenvalue weighted by molar-refractivity contribution is 9.10. The van der Waals surface area contributed by atoms with Gasteiger partial charge >= 0.3 is 0 Å². The topological polar surface area (TPSA) is 38.9 Å². The zero-order chi connectivity index (χ0) is 8.39. The summed E-state index contributed by atoms with van der Waals surface area (Å²) in [5, 5.41) is 0. The standard InChI is InChI=1S/C8H5BrN2O/c9-6-1-2-7(10-3-6)8-4-12-5-11-8/h1-5H. The third kappa shape index (κ3) is 1.38. The van der Waals surface area contributed by atoms with Gasteiger partial charge in [-0.2, -0.15) is 0 Å². The Labute approximate surface area is 77.6 Å². The summed E-state index contributed by atoms with van der Waals surface area (Å²) in [6.07, 6.45) is 4.68. The molecule has 0 aliphatic heterocycles. The van der Waals surface area contributed by atoms with Crippen LogP contribution in [-0.2, 0) is 0 Å². The number of halogens is 1. The van der Waals surface area contributed by atoms with Crippen LogP contribution in [-0.4, -0.2) is 9.97 Å². The van der Waals surface area contributed by atoms with E-state index in [4.69, 9.17) is 4.42 Å². The number of nitrogens with zero attached hydrogens (tertiary/aromatic N) is 2. The van der Waals surface area contributed by atoms with Crippen LogP contribution >= 0.6 is 15.9 Å². The molecule has 0 saturated heterocycles. The van der Waals surface area contributed by atoms with Gasteiger partial charge in [-0.15, -0.1) is 0 Å². The first-order chi connectivity index (χ1) is 5.86. The van der Waals surface area contributed by atoms with Crippen LogP contribution in [0, 0.1) is 0 Å². The zero-order valence-electron chi connectivity index (χ0n) is 6.07. The van der Waals surface area contributed by atoms with Crippen molar-refractivity contribution < 1.29 is 4.42 Å². The summed E-state index contributed by atoms with van der Waals surface area (Å²) >= 11 is 3.30. The maximum absolute atomic E-state index is 4.84. The van der Waals surface area contributed by atoms with Crippen molar-refractivity contribution in [1.82, 2.24) is 9.97 Å². The van der Waals surface area contributed by atoms with Crippen molar-refractivity contribution in [1.29, 1.82) is 0 Å². The van der Waals surface area contributed by atoms with Crippen molar-refractivity contribution in [2.45, 2.75) is 0 Å². The molecule has 2 rings (SSSR count). The molecule has 3 nitrogen and oxygen atoms in total. The molecule has 0 N–H and O–H groups in total. The molecule has 0 saturated carbocycles. The van der Waals surface area contributed by atoms with E-state index in [1.165, 1.54) is 6.39 Å². The molecule has 0 radical (unpaired) electrons. The number of pyridine rings is 1. The largest absolute Gasteiger partial charge is 0.451 e.